The van der Waals surface area contributed by atoms with Crippen LogP contribution in [0.2, 0.25) is 0 Å². The summed E-state index contributed by atoms with van der Waals surface area (Å²) in [5.41, 5.74) is 0.708. The fourth-order valence-corrected chi connectivity index (χ4v) is 4.26. The molecule has 0 amide bonds. The molecule has 4 heteroatoms. The fraction of sp³-hybridized carbons (Fsp3) is 0.438. The Morgan fingerprint density at radius 3 is 2.70 bits per heavy atom. The third-order valence-corrected chi connectivity index (χ3v) is 5.66. The van der Waals surface area contributed by atoms with Gasteiger partial charge >= 0.3 is 0 Å². The van der Waals surface area contributed by atoms with Gasteiger partial charge in [0.05, 0.1) is 5.75 Å². The third-order valence-electron chi connectivity index (χ3n) is 3.90. The zero-order chi connectivity index (χ0) is 13.9. The van der Waals surface area contributed by atoms with Gasteiger partial charge in [0, 0.05) is 21.4 Å². The summed E-state index contributed by atoms with van der Waals surface area (Å²) in [5, 5.41) is 1.11. The van der Waals surface area contributed by atoms with Gasteiger partial charge in [-0.2, -0.15) is 0 Å². The highest BCUT2D eigenvalue weighted by molar-refractivity contribution is 7.86. The molecule has 1 aliphatic rings. The normalized spacial score (nSPS) is 18.2. The van der Waals surface area contributed by atoms with Crippen molar-refractivity contribution in [3.63, 3.8) is 0 Å². The first kappa shape index (κ1) is 13.6. The fourth-order valence-electron chi connectivity index (χ4n) is 2.77. The van der Waals surface area contributed by atoms with Crippen LogP contribution in [0.15, 0.2) is 34.7 Å². The van der Waals surface area contributed by atoms with E-state index in [1.807, 2.05) is 24.3 Å². The number of carbonyl (C=O) groups is 1. The average molecular weight is 290 g/mol. The van der Waals surface area contributed by atoms with E-state index in [1.165, 1.54) is 6.42 Å². The van der Waals surface area contributed by atoms with Crippen LogP contribution in [0.1, 0.15) is 42.7 Å². The number of furan rings is 1. The van der Waals surface area contributed by atoms with E-state index in [1.54, 1.807) is 6.07 Å². The van der Waals surface area contributed by atoms with Gasteiger partial charge in [-0.3, -0.25) is 9.00 Å². The van der Waals surface area contributed by atoms with E-state index in [-0.39, 0.29) is 16.8 Å². The molecule has 1 aromatic heterocycles. The number of rotatable bonds is 4. The molecule has 3 nitrogen and oxygen atoms in total. The van der Waals surface area contributed by atoms with Crippen molar-refractivity contribution in [1.82, 2.24) is 0 Å². The second-order valence-corrected chi connectivity index (χ2v) is 7.07. The number of benzene rings is 1. The van der Waals surface area contributed by atoms with Gasteiger partial charge in [-0.25, -0.2) is 0 Å². The molecule has 0 saturated heterocycles. The van der Waals surface area contributed by atoms with E-state index in [9.17, 15) is 9.00 Å². The minimum Gasteiger partial charge on any atom is -0.453 e. The van der Waals surface area contributed by atoms with Crippen LogP contribution in [0.3, 0.4) is 0 Å². The molecule has 1 aromatic carbocycles. The monoisotopic (exact) mass is 290 g/mol. The van der Waals surface area contributed by atoms with Crippen molar-refractivity contribution in [2.45, 2.75) is 37.4 Å². The molecular weight excluding hydrogens is 272 g/mol. The highest BCUT2D eigenvalue weighted by Gasteiger charge is 2.23. The molecule has 1 heterocycles. The van der Waals surface area contributed by atoms with Gasteiger partial charge in [-0.1, -0.05) is 37.5 Å². The lowest BCUT2D eigenvalue weighted by molar-refractivity contribution is 0.0993. The molecule has 0 spiro atoms. The average Bonchev–Trinajstić information content (AvgIpc) is 2.92. The van der Waals surface area contributed by atoms with Crippen molar-refractivity contribution in [2.75, 3.05) is 5.75 Å². The van der Waals surface area contributed by atoms with Crippen molar-refractivity contribution in [3.8, 4) is 0 Å². The summed E-state index contributed by atoms with van der Waals surface area (Å²) in [5.74, 6) is 0.269. The van der Waals surface area contributed by atoms with Gasteiger partial charge in [-0.05, 0) is 25.0 Å². The summed E-state index contributed by atoms with van der Waals surface area (Å²) in [7, 11) is -1.07. The Morgan fingerprint density at radius 1 is 1.20 bits per heavy atom. The summed E-state index contributed by atoms with van der Waals surface area (Å²) >= 11 is 0. The first-order valence-electron chi connectivity index (χ1n) is 7.13. The molecule has 3 rings (SSSR count). The predicted octanol–water partition coefficient (Wildman–Crippen LogP) is 3.70. The van der Waals surface area contributed by atoms with Crippen LogP contribution in [0, 0.1) is 0 Å². The second-order valence-electron chi connectivity index (χ2n) is 5.36. The van der Waals surface area contributed by atoms with Gasteiger partial charge in [-0.15, -0.1) is 0 Å². The standard InChI is InChI=1S/C16H18O3S/c17-14(11-20(18)13-7-2-1-3-8-13)16-10-12-6-4-5-9-15(12)19-16/h4-6,9-10,13H,1-3,7-8,11H2. The molecule has 1 fully saturated rings. The molecule has 0 N–H and O–H groups in total. The molecular formula is C16H18O3S. The minimum absolute atomic E-state index is 0.0878. The first-order chi connectivity index (χ1) is 9.74. The molecule has 2 aromatic rings. The molecule has 0 radical (unpaired) electrons. The molecule has 0 aliphatic heterocycles. The van der Waals surface area contributed by atoms with Crippen molar-refractivity contribution in [2.24, 2.45) is 0 Å². The maximum absolute atomic E-state index is 12.2. The number of ketones is 1. The topological polar surface area (TPSA) is 47.3 Å². The van der Waals surface area contributed by atoms with Crippen LogP contribution in [-0.2, 0) is 10.8 Å². The third kappa shape index (κ3) is 2.85. The Morgan fingerprint density at radius 2 is 1.95 bits per heavy atom. The van der Waals surface area contributed by atoms with E-state index < -0.39 is 10.8 Å². The number of hydrogen-bond acceptors (Lipinski definition) is 3. The van der Waals surface area contributed by atoms with Gasteiger partial charge in [0.1, 0.15) is 5.58 Å². The van der Waals surface area contributed by atoms with Gasteiger partial charge in [0.2, 0.25) is 5.78 Å². The summed E-state index contributed by atoms with van der Waals surface area (Å²) in [6.07, 6.45) is 5.47. The van der Waals surface area contributed by atoms with Gasteiger partial charge in [0.25, 0.3) is 0 Å². The Balaban J connectivity index is 1.70. The number of para-hydroxylation sites is 1. The molecule has 1 aliphatic carbocycles. The largest absolute Gasteiger partial charge is 0.453 e. The maximum atomic E-state index is 12.2. The highest BCUT2D eigenvalue weighted by Crippen LogP contribution is 2.24. The maximum Gasteiger partial charge on any atom is 0.210 e. The van der Waals surface area contributed by atoms with Gasteiger partial charge < -0.3 is 4.42 Å². The van der Waals surface area contributed by atoms with E-state index in [2.05, 4.69) is 0 Å². The lowest BCUT2D eigenvalue weighted by Crippen LogP contribution is -2.24. The summed E-state index contributed by atoms with van der Waals surface area (Å²) < 4.78 is 17.8. The predicted molar refractivity (Wildman–Crippen MR) is 80.4 cm³/mol. The summed E-state index contributed by atoms with van der Waals surface area (Å²) in [6.45, 7) is 0. The summed E-state index contributed by atoms with van der Waals surface area (Å²) in [6, 6.07) is 9.28. The van der Waals surface area contributed by atoms with E-state index in [4.69, 9.17) is 4.42 Å². The van der Waals surface area contributed by atoms with Crippen LogP contribution < -0.4 is 0 Å². The van der Waals surface area contributed by atoms with Gasteiger partial charge in [0.15, 0.2) is 5.76 Å². The van der Waals surface area contributed by atoms with Crippen molar-refractivity contribution >= 4 is 27.6 Å². The second kappa shape index (κ2) is 5.92. The lowest BCUT2D eigenvalue weighted by Gasteiger charge is -2.20. The SMILES string of the molecule is O=C(CS(=O)C1CCCCC1)c1cc2ccccc2o1. The lowest BCUT2D eigenvalue weighted by atomic mass is 10.0. The molecule has 0 bridgehead atoms. The molecule has 1 unspecified atom stereocenters. The Kier molecular flexibility index (Phi) is 4.01. The van der Waals surface area contributed by atoms with Crippen molar-refractivity contribution in [3.05, 3.63) is 36.1 Å². The summed E-state index contributed by atoms with van der Waals surface area (Å²) in [4.78, 5) is 12.2. The van der Waals surface area contributed by atoms with E-state index in [0.29, 0.717) is 11.3 Å². The van der Waals surface area contributed by atoms with Crippen LogP contribution in [0.4, 0.5) is 0 Å². The molecule has 1 atom stereocenters. The zero-order valence-electron chi connectivity index (χ0n) is 11.3. The number of fused-ring (bicyclic) bond motifs is 1. The highest BCUT2D eigenvalue weighted by atomic mass is 32.2. The Hall–Kier alpha value is -1.42. The Bertz CT molecular complexity index is 605. The number of Topliss-reactive ketones (excluding diaryl/α,β-unsaturated/α-hetero) is 1. The van der Waals surface area contributed by atoms with Crippen LogP contribution in [0.5, 0.6) is 0 Å². The Labute approximate surface area is 120 Å². The van der Waals surface area contributed by atoms with Crippen molar-refractivity contribution < 1.29 is 13.4 Å². The molecule has 106 valence electrons. The molecule has 20 heavy (non-hydrogen) atoms. The smallest absolute Gasteiger partial charge is 0.210 e. The van der Waals surface area contributed by atoms with E-state index >= 15 is 0 Å². The van der Waals surface area contributed by atoms with Crippen LogP contribution >= 0.6 is 0 Å². The number of hydrogen-bond donors (Lipinski definition) is 0. The molecule has 1 saturated carbocycles. The zero-order valence-corrected chi connectivity index (χ0v) is 12.2. The quantitative estimate of drug-likeness (QED) is 0.807. The van der Waals surface area contributed by atoms with Crippen LogP contribution in [0.25, 0.3) is 11.0 Å². The first-order valence-corrected chi connectivity index (χ1v) is 8.51. The minimum atomic E-state index is -1.07. The number of carbonyl (C=O) groups excluding carboxylic acids is 1. The van der Waals surface area contributed by atoms with Crippen LogP contribution in [-0.4, -0.2) is 21.0 Å². The van der Waals surface area contributed by atoms with E-state index in [0.717, 1.165) is 31.1 Å². The van der Waals surface area contributed by atoms with Crippen molar-refractivity contribution in [1.29, 1.82) is 0 Å².